The molecular weight excluding hydrogens is 452 g/mol. The number of aromatic nitrogens is 2. The van der Waals surface area contributed by atoms with E-state index in [2.05, 4.69) is 10.2 Å². The van der Waals surface area contributed by atoms with Crippen molar-refractivity contribution in [3.8, 4) is 11.5 Å². The molecule has 1 aromatic heterocycles. The average molecular weight is 468 g/mol. The number of carbonyl (C=O) groups excluding carboxylic acids is 3. The molecule has 12 heteroatoms. The molecule has 11 nitrogen and oxygen atoms in total. The molecule has 1 atom stereocenters. The number of hydrogen-bond acceptors (Lipinski definition) is 10. The highest BCUT2D eigenvalue weighted by molar-refractivity contribution is 8.00. The third-order valence-electron chi connectivity index (χ3n) is 4.72. The Kier molecular flexibility index (Phi) is 6.18. The molecule has 168 valence electrons. The van der Waals surface area contributed by atoms with Gasteiger partial charge in [-0.1, -0.05) is 11.8 Å². The van der Waals surface area contributed by atoms with Crippen LogP contribution in [-0.4, -0.2) is 44.8 Å². The minimum Gasteiger partial charge on any atom is -0.462 e. The molecule has 2 aromatic carbocycles. The van der Waals surface area contributed by atoms with E-state index in [1.54, 1.807) is 6.92 Å². The van der Waals surface area contributed by atoms with Crippen molar-refractivity contribution < 1.29 is 28.5 Å². The van der Waals surface area contributed by atoms with Crippen LogP contribution in [0.25, 0.3) is 11.5 Å². The van der Waals surface area contributed by atoms with Gasteiger partial charge in [-0.3, -0.25) is 19.7 Å². The van der Waals surface area contributed by atoms with Gasteiger partial charge in [0, 0.05) is 24.1 Å². The van der Waals surface area contributed by atoms with E-state index in [0.29, 0.717) is 16.8 Å². The topological polar surface area (TPSA) is 146 Å². The summed E-state index contributed by atoms with van der Waals surface area (Å²) >= 11 is 0.965. The van der Waals surface area contributed by atoms with Crippen molar-refractivity contribution >= 4 is 40.9 Å². The van der Waals surface area contributed by atoms with Gasteiger partial charge in [0.1, 0.15) is 5.25 Å². The summed E-state index contributed by atoms with van der Waals surface area (Å²) in [6.07, 6.45) is -0.0572. The van der Waals surface area contributed by atoms with Crippen LogP contribution < -0.4 is 4.90 Å². The highest BCUT2D eigenvalue weighted by Gasteiger charge is 2.41. The van der Waals surface area contributed by atoms with Gasteiger partial charge in [0.15, 0.2) is 0 Å². The predicted octanol–water partition coefficient (Wildman–Crippen LogP) is 3.25. The number of carbonyl (C=O) groups is 3. The number of amides is 2. The third-order valence-corrected chi connectivity index (χ3v) is 5.74. The predicted molar refractivity (Wildman–Crippen MR) is 116 cm³/mol. The van der Waals surface area contributed by atoms with Crippen molar-refractivity contribution in [2.75, 3.05) is 11.5 Å². The lowest BCUT2D eigenvalue weighted by molar-refractivity contribution is -0.384. The highest BCUT2D eigenvalue weighted by Crippen LogP contribution is 2.34. The number of imide groups is 1. The van der Waals surface area contributed by atoms with E-state index in [-0.39, 0.29) is 29.8 Å². The van der Waals surface area contributed by atoms with Crippen LogP contribution in [0.3, 0.4) is 0 Å². The molecule has 3 aromatic rings. The summed E-state index contributed by atoms with van der Waals surface area (Å²) in [5.41, 5.74) is 1.07. The van der Waals surface area contributed by atoms with Crippen LogP contribution >= 0.6 is 11.8 Å². The van der Waals surface area contributed by atoms with Gasteiger partial charge in [-0.25, -0.2) is 9.69 Å². The number of nitrogens with zero attached hydrogens (tertiary/aromatic N) is 4. The van der Waals surface area contributed by atoms with E-state index in [4.69, 9.17) is 9.15 Å². The van der Waals surface area contributed by atoms with Crippen LogP contribution in [0, 0.1) is 10.1 Å². The first-order valence-electron chi connectivity index (χ1n) is 9.76. The first-order valence-corrected chi connectivity index (χ1v) is 10.6. The van der Waals surface area contributed by atoms with E-state index in [1.165, 1.54) is 48.5 Å². The molecule has 4 rings (SSSR count). The molecule has 2 amide bonds. The zero-order chi connectivity index (χ0) is 23.5. The molecule has 33 heavy (non-hydrogen) atoms. The van der Waals surface area contributed by atoms with Crippen molar-refractivity contribution in [3.63, 3.8) is 0 Å². The van der Waals surface area contributed by atoms with Gasteiger partial charge in [0.05, 0.1) is 22.8 Å². The monoisotopic (exact) mass is 468 g/mol. The Bertz CT molecular complexity index is 1220. The van der Waals surface area contributed by atoms with Crippen LogP contribution in [0.15, 0.2) is 58.2 Å². The summed E-state index contributed by atoms with van der Waals surface area (Å²) in [5, 5.41) is 17.9. The Balaban J connectivity index is 1.45. The van der Waals surface area contributed by atoms with Gasteiger partial charge in [-0.15, -0.1) is 10.2 Å². The number of non-ortho nitro benzene ring substituents is 1. The largest absolute Gasteiger partial charge is 0.462 e. The molecule has 1 fully saturated rings. The molecule has 1 aliphatic heterocycles. The summed E-state index contributed by atoms with van der Waals surface area (Å²) in [6, 6.07) is 11.6. The number of nitro groups is 1. The molecule has 0 saturated carbocycles. The quantitative estimate of drug-likeness (QED) is 0.219. The standard InChI is InChI=1S/C21H16N4O7S/c1-2-31-20(28)13-5-7-14(8-6-13)24-17(26)11-16(19(24)27)33-21-23-22-18(32-21)12-3-9-15(10-4-12)25(29)30/h3-10,16H,2,11H2,1H3. The zero-order valence-electron chi connectivity index (χ0n) is 17.2. The van der Waals surface area contributed by atoms with Gasteiger partial charge in [0.2, 0.25) is 17.7 Å². The summed E-state index contributed by atoms with van der Waals surface area (Å²) < 4.78 is 10.5. The molecule has 1 unspecified atom stereocenters. The first kappa shape index (κ1) is 22.1. The van der Waals surface area contributed by atoms with E-state index >= 15 is 0 Å². The lowest BCUT2D eigenvalue weighted by Gasteiger charge is -2.14. The smallest absolute Gasteiger partial charge is 0.338 e. The second kappa shape index (κ2) is 9.20. The van der Waals surface area contributed by atoms with Gasteiger partial charge in [0.25, 0.3) is 10.9 Å². The fourth-order valence-corrected chi connectivity index (χ4v) is 4.04. The number of hydrogen-bond donors (Lipinski definition) is 0. The van der Waals surface area contributed by atoms with Gasteiger partial charge in [-0.05, 0) is 43.3 Å². The molecular formula is C21H16N4O7S. The molecule has 0 spiro atoms. The van der Waals surface area contributed by atoms with Crippen LogP contribution in [0.4, 0.5) is 11.4 Å². The Hall–Kier alpha value is -4.06. The van der Waals surface area contributed by atoms with Crippen LogP contribution in [0.2, 0.25) is 0 Å². The van der Waals surface area contributed by atoms with Crippen LogP contribution in [0.5, 0.6) is 0 Å². The molecule has 1 aliphatic rings. The summed E-state index contributed by atoms with van der Waals surface area (Å²) in [6.45, 7) is 1.94. The van der Waals surface area contributed by atoms with Gasteiger partial charge in [-0.2, -0.15) is 0 Å². The molecule has 0 radical (unpaired) electrons. The minimum absolute atomic E-state index is 0.0572. The van der Waals surface area contributed by atoms with Gasteiger partial charge >= 0.3 is 5.97 Å². The highest BCUT2D eigenvalue weighted by atomic mass is 32.2. The maximum Gasteiger partial charge on any atom is 0.338 e. The molecule has 1 saturated heterocycles. The van der Waals surface area contributed by atoms with Crippen molar-refractivity contribution in [2.45, 2.75) is 23.8 Å². The summed E-state index contributed by atoms with van der Waals surface area (Å²) in [5.74, 6) is -1.19. The van der Waals surface area contributed by atoms with Crippen molar-refractivity contribution in [2.24, 2.45) is 0 Å². The fraction of sp³-hybridized carbons (Fsp3) is 0.190. The Morgan fingerprint density at radius 1 is 1.18 bits per heavy atom. The van der Waals surface area contributed by atoms with Crippen molar-refractivity contribution in [1.29, 1.82) is 0 Å². The number of nitro benzene ring substituents is 1. The average Bonchev–Trinajstić information content (AvgIpc) is 3.38. The Morgan fingerprint density at radius 2 is 1.88 bits per heavy atom. The van der Waals surface area contributed by atoms with Crippen molar-refractivity contribution in [1.82, 2.24) is 10.2 Å². The maximum absolute atomic E-state index is 12.9. The van der Waals surface area contributed by atoms with Crippen LogP contribution in [0.1, 0.15) is 23.7 Å². The SMILES string of the molecule is CCOC(=O)c1ccc(N2C(=O)CC(Sc3nnc(-c4ccc([N+](=O)[O-])cc4)o3)C2=O)cc1. The number of benzene rings is 2. The lowest BCUT2D eigenvalue weighted by Crippen LogP contribution is -2.31. The fourth-order valence-electron chi connectivity index (χ4n) is 3.15. The normalized spacial score (nSPS) is 15.7. The summed E-state index contributed by atoms with van der Waals surface area (Å²) in [7, 11) is 0. The Labute approximate surface area is 190 Å². The van der Waals surface area contributed by atoms with E-state index in [1.807, 2.05) is 0 Å². The molecule has 0 aliphatic carbocycles. The van der Waals surface area contributed by atoms with E-state index < -0.39 is 28.0 Å². The second-order valence-corrected chi connectivity index (χ2v) is 7.98. The number of thioether (sulfide) groups is 1. The maximum atomic E-state index is 12.9. The first-order chi connectivity index (χ1) is 15.9. The molecule has 0 N–H and O–H groups in total. The zero-order valence-corrected chi connectivity index (χ0v) is 18.0. The number of rotatable bonds is 7. The lowest BCUT2D eigenvalue weighted by atomic mass is 10.2. The molecule has 2 heterocycles. The molecule has 0 bridgehead atoms. The minimum atomic E-state index is -0.757. The van der Waals surface area contributed by atoms with E-state index in [9.17, 15) is 24.5 Å². The third kappa shape index (κ3) is 4.60. The van der Waals surface area contributed by atoms with Crippen LogP contribution in [-0.2, 0) is 14.3 Å². The number of esters is 1. The second-order valence-electron chi connectivity index (χ2n) is 6.82. The number of ether oxygens (including phenoxy) is 1. The number of anilines is 1. The van der Waals surface area contributed by atoms with Crippen molar-refractivity contribution in [3.05, 3.63) is 64.2 Å². The van der Waals surface area contributed by atoms with Gasteiger partial charge < -0.3 is 9.15 Å². The Morgan fingerprint density at radius 3 is 2.52 bits per heavy atom. The van der Waals surface area contributed by atoms with E-state index in [0.717, 1.165) is 16.7 Å². The summed E-state index contributed by atoms with van der Waals surface area (Å²) in [4.78, 5) is 48.5.